The molecule has 2 rings (SSSR count). The van der Waals surface area contributed by atoms with Crippen LogP contribution in [0.4, 0.5) is 5.69 Å². The van der Waals surface area contributed by atoms with Crippen molar-refractivity contribution in [2.45, 2.75) is 24.8 Å². The van der Waals surface area contributed by atoms with E-state index in [9.17, 15) is 18.0 Å². The second-order valence-electron chi connectivity index (χ2n) is 5.91. The maximum Gasteiger partial charge on any atom is 0.339 e. The fourth-order valence-electron chi connectivity index (χ4n) is 2.16. The Morgan fingerprint density at radius 2 is 1.78 bits per heavy atom. The lowest BCUT2D eigenvalue weighted by Gasteiger charge is -2.15. The molecule has 0 heterocycles. The summed E-state index contributed by atoms with van der Waals surface area (Å²) in [6, 6.07) is 8.69. The van der Waals surface area contributed by atoms with Gasteiger partial charge in [0.05, 0.1) is 21.2 Å². The molecule has 1 atom stereocenters. The predicted molar refractivity (Wildman–Crippen MR) is 104 cm³/mol. The number of sulfone groups is 1. The number of amides is 1. The van der Waals surface area contributed by atoms with E-state index in [0.717, 1.165) is 6.26 Å². The topological polar surface area (TPSA) is 89.5 Å². The Hall–Kier alpha value is -2.09. The SMILES string of the molecule is Cc1ccc(S(C)(=O)=O)cc1C(=O)OC(C)C(=O)Nc1cc(Cl)ccc1Cl. The fourth-order valence-corrected chi connectivity index (χ4v) is 3.14. The number of hydrogen-bond acceptors (Lipinski definition) is 5. The average Bonchev–Trinajstić information content (AvgIpc) is 2.57. The molecule has 2 aromatic rings. The first kappa shape index (κ1) is 21.2. The molecule has 1 N–H and O–H groups in total. The van der Waals surface area contributed by atoms with Gasteiger partial charge in [-0.25, -0.2) is 13.2 Å². The molecular formula is C18H17Cl2NO5S. The highest BCUT2D eigenvalue weighted by Crippen LogP contribution is 2.25. The van der Waals surface area contributed by atoms with E-state index in [-0.39, 0.29) is 21.2 Å². The number of esters is 1. The molecule has 6 nitrogen and oxygen atoms in total. The Morgan fingerprint density at radius 1 is 1.11 bits per heavy atom. The smallest absolute Gasteiger partial charge is 0.339 e. The summed E-state index contributed by atoms with van der Waals surface area (Å²) in [5.41, 5.74) is 0.878. The number of nitrogens with one attached hydrogen (secondary N) is 1. The minimum absolute atomic E-state index is 0.0112. The normalized spacial score (nSPS) is 12.3. The minimum Gasteiger partial charge on any atom is -0.449 e. The average molecular weight is 430 g/mol. The maximum absolute atomic E-state index is 12.4. The zero-order valence-electron chi connectivity index (χ0n) is 14.7. The Labute approximate surface area is 167 Å². The third-order valence-corrected chi connectivity index (χ3v) is 5.37. The predicted octanol–water partition coefficient (Wildman–Crippen LogP) is 3.89. The highest BCUT2D eigenvalue weighted by atomic mass is 35.5. The van der Waals surface area contributed by atoms with Crippen LogP contribution in [0.2, 0.25) is 10.0 Å². The molecule has 0 radical (unpaired) electrons. The molecule has 144 valence electrons. The van der Waals surface area contributed by atoms with Gasteiger partial charge in [-0.3, -0.25) is 4.79 Å². The van der Waals surface area contributed by atoms with Crippen LogP contribution in [0.3, 0.4) is 0 Å². The van der Waals surface area contributed by atoms with E-state index in [2.05, 4.69) is 5.32 Å². The van der Waals surface area contributed by atoms with Crippen molar-refractivity contribution in [2.24, 2.45) is 0 Å². The molecule has 0 saturated heterocycles. The van der Waals surface area contributed by atoms with Gasteiger partial charge in [0.15, 0.2) is 15.9 Å². The van der Waals surface area contributed by atoms with Crippen LogP contribution < -0.4 is 5.32 Å². The van der Waals surface area contributed by atoms with E-state index in [1.807, 2.05) is 0 Å². The van der Waals surface area contributed by atoms with Crippen molar-refractivity contribution >= 4 is 50.6 Å². The van der Waals surface area contributed by atoms with Gasteiger partial charge in [0.1, 0.15) is 0 Å². The summed E-state index contributed by atoms with van der Waals surface area (Å²) in [4.78, 5) is 24.6. The number of halogens is 2. The van der Waals surface area contributed by atoms with Gasteiger partial charge in [0.25, 0.3) is 5.91 Å². The van der Waals surface area contributed by atoms with E-state index >= 15 is 0 Å². The quantitative estimate of drug-likeness (QED) is 0.727. The molecular weight excluding hydrogens is 413 g/mol. The number of carbonyl (C=O) groups is 2. The standard InChI is InChI=1S/C18H17Cl2NO5S/c1-10-4-6-13(27(3,24)25)9-14(10)18(23)26-11(2)17(22)21-16-8-12(19)5-7-15(16)20/h4-9,11H,1-3H3,(H,21,22). The number of rotatable bonds is 5. The van der Waals surface area contributed by atoms with Crippen molar-refractivity contribution in [3.05, 3.63) is 57.6 Å². The molecule has 0 aliphatic carbocycles. The van der Waals surface area contributed by atoms with Crippen molar-refractivity contribution in [1.29, 1.82) is 0 Å². The van der Waals surface area contributed by atoms with Gasteiger partial charge in [-0.15, -0.1) is 0 Å². The number of carbonyl (C=O) groups excluding carboxylic acids is 2. The highest BCUT2D eigenvalue weighted by Gasteiger charge is 2.22. The summed E-state index contributed by atoms with van der Waals surface area (Å²) in [6.07, 6.45) is -0.105. The molecule has 0 spiro atoms. The Morgan fingerprint density at radius 3 is 2.41 bits per heavy atom. The Bertz CT molecular complexity index is 1000. The van der Waals surface area contributed by atoms with Crippen LogP contribution in [0.1, 0.15) is 22.8 Å². The Kier molecular flexibility index (Phi) is 6.51. The van der Waals surface area contributed by atoms with Crippen LogP contribution in [0.5, 0.6) is 0 Å². The summed E-state index contributed by atoms with van der Waals surface area (Å²) >= 11 is 11.9. The minimum atomic E-state index is -3.48. The highest BCUT2D eigenvalue weighted by molar-refractivity contribution is 7.90. The summed E-state index contributed by atoms with van der Waals surface area (Å²) in [6.45, 7) is 3.03. The summed E-state index contributed by atoms with van der Waals surface area (Å²) in [5.74, 6) is -1.41. The van der Waals surface area contributed by atoms with Crippen LogP contribution in [0, 0.1) is 6.92 Å². The van der Waals surface area contributed by atoms with Crippen LogP contribution in [0.25, 0.3) is 0 Å². The van der Waals surface area contributed by atoms with Crippen molar-refractivity contribution in [2.75, 3.05) is 11.6 Å². The molecule has 0 aromatic heterocycles. The largest absolute Gasteiger partial charge is 0.449 e. The second kappa shape index (κ2) is 8.29. The van der Waals surface area contributed by atoms with Gasteiger partial charge in [0, 0.05) is 11.3 Å². The number of ether oxygens (including phenoxy) is 1. The molecule has 0 saturated carbocycles. The molecule has 0 fully saturated rings. The van der Waals surface area contributed by atoms with Crippen LogP contribution >= 0.6 is 23.2 Å². The molecule has 0 bridgehead atoms. The lowest BCUT2D eigenvalue weighted by Crippen LogP contribution is -2.30. The molecule has 9 heteroatoms. The van der Waals surface area contributed by atoms with Crippen molar-refractivity contribution < 1.29 is 22.7 Å². The molecule has 1 unspecified atom stereocenters. The lowest BCUT2D eigenvalue weighted by atomic mass is 10.1. The summed E-state index contributed by atoms with van der Waals surface area (Å²) in [5, 5.41) is 3.19. The second-order valence-corrected chi connectivity index (χ2v) is 8.77. The lowest BCUT2D eigenvalue weighted by molar-refractivity contribution is -0.123. The van der Waals surface area contributed by atoms with Crippen molar-refractivity contribution in [3.8, 4) is 0 Å². The van der Waals surface area contributed by atoms with E-state index in [1.165, 1.54) is 37.3 Å². The van der Waals surface area contributed by atoms with Crippen LogP contribution in [-0.4, -0.2) is 32.7 Å². The Balaban J connectivity index is 2.15. The number of aryl methyl sites for hydroxylation is 1. The number of hydrogen-bond donors (Lipinski definition) is 1. The first-order valence-electron chi connectivity index (χ1n) is 7.76. The maximum atomic E-state index is 12.4. The molecule has 2 aromatic carbocycles. The third-order valence-electron chi connectivity index (χ3n) is 3.70. The van der Waals surface area contributed by atoms with Gasteiger partial charge < -0.3 is 10.1 Å². The first-order chi connectivity index (χ1) is 12.5. The van der Waals surface area contributed by atoms with E-state index in [0.29, 0.717) is 10.6 Å². The summed E-state index contributed by atoms with van der Waals surface area (Å²) in [7, 11) is -3.48. The first-order valence-corrected chi connectivity index (χ1v) is 10.4. The summed E-state index contributed by atoms with van der Waals surface area (Å²) < 4.78 is 28.5. The zero-order valence-corrected chi connectivity index (χ0v) is 17.1. The monoisotopic (exact) mass is 429 g/mol. The van der Waals surface area contributed by atoms with Crippen molar-refractivity contribution in [3.63, 3.8) is 0 Å². The number of anilines is 1. The van der Waals surface area contributed by atoms with Gasteiger partial charge in [0.2, 0.25) is 0 Å². The third kappa shape index (κ3) is 5.45. The van der Waals surface area contributed by atoms with Gasteiger partial charge in [-0.1, -0.05) is 29.3 Å². The van der Waals surface area contributed by atoms with E-state index in [1.54, 1.807) is 13.0 Å². The fraction of sp³-hybridized carbons (Fsp3) is 0.222. The molecule has 1 amide bonds. The van der Waals surface area contributed by atoms with Crippen molar-refractivity contribution in [1.82, 2.24) is 0 Å². The molecule has 0 aliphatic rings. The molecule has 0 aliphatic heterocycles. The van der Waals surface area contributed by atoms with Gasteiger partial charge in [-0.05, 0) is 49.7 Å². The van der Waals surface area contributed by atoms with Crippen LogP contribution in [-0.2, 0) is 19.4 Å². The van der Waals surface area contributed by atoms with E-state index in [4.69, 9.17) is 27.9 Å². The van der Waals surface area contributed by atoms with Gasteiger partial charge in [-0.2, -0.15) is 0 Å². The zero-order chi connectivity index (χ0) is 20.4. The van der Waals surface area contributed by atoms with Crippen LogP contribution in [0.15, 0.2) is 41.3 Å². The van der Waals surface area contributed by atoms with E-state index < -0.39 is 27.8 Å². The number of benzene rings is 2. The van der Waals surface area contributed by atoms with Gasteiger partial charge >= 0.3 is 5.97 Å². The molecule has 27 heavy (non-hydrogen) atoms.